The molecule has 78 valence electrons. The van der Waals surface area contributed by atoms with Gasteiger partial charge in [0, 0.05) is 4.90 Å². The Labute approximate surface area is 107 Å². The van der Waals surface area contributed by atoms with E-state index >= 15 is 0 Å². The highest BCUT2D eigenvalue weighted by Crippen LogP contribution is 2.43. The van der Waals surface area contributed by atoms with Gasteiger partial charge in [0.05, 0.1) is 15.1 Å². The summed E-state index contributed by atoms with van der Waals surface area (Å²) in [4.78, 5) is 5.51. The van der Waals surface area contributed by atoms with Crippen molar-refractivity contribution in [3.05, 3.63) is 33.7 Å². The van der Waals surface area contributed by atoms with E-state index in [9.17, 15) is 0 Å². The number of hydrogen-bond donors (Lipinski definition) is 0. The van der Waals surface area contributed by atoms with Crippen LogP contribution in [0.4, 0.5) is 5.69 Å². The molecular formula is C10H7Cl2NS2. The van der Waals surface area contributed by atoms with Crippen LogP contribution in [0.2, 0.25) is 0 Å². The van der Waals surface area contributed by atoms with Crippen molar-refractivity contribution in [2.45, 2.75) is 4.90 Å². The van der Waals surface area contributed by atoms with Crippen LogP contribution in [0.25, 0.3) is 0 Å². The standard InChI is InChI=1S/C10H7Cl2NS2/c1-14-10-8(11)9(12)15-7-5-3-2-4-6(7)13-10/h2-5H,1H3. The van der Waals surface area contributed by atoms with Crippen LogP contribution in [0, 0.1) is 0 Å². The Kier molecular flexibility index (Phi) is 3.67. The first-order valence-corrected chi connectivity index (χ1v) is 6.97. The second-order valence-corrected chi connectivity index (χ2v) is 5.61. The van der Waals surface area contributed by atoms with Crippen LogP contribution in [0.15, 0.2) is 43.5 Å². The maximum Gasteiger partial charge on any atom is 0.117 e. The van der Waals surface area contributed by atoms with Crippen LogP contribution in [0.5, 0.6) is 0 Å². The van der Waals surface area contributed by atoms with Crippen molar-refractivity contribution in [2.24, 2.45) is 4.99 Å². The van der Waals surface area contributed by atoms with Crippen molar-refractivity contribution in [1.29, 1.82) is 0 Å². The summed E-state index contributed by atoms with van der Waals surface area (Å²) in [6.07, 6.45) is 1.93. The quantitative estimate of drug-likeness (QED) is 0.672. The molecule has 1 aliphatic heterocycles. The second kappa shape index (κ2) is 4.83. The topological polar surface area (TPSA) is 12.4 Å². The third-order valence-electron chi connectivity index (χ3n) is 1.84. The van der Waals surface area contributed by atoms with Gasteiger partial charge in [-0.25, -0.2) is 4.99 Å². The normalized spacial score (nSPS) is 15.8. The predicted octanol–water partition coefficient (Wildman–Crippen LogP) is 4.83. The van der Waals surface area contributed by atoms with Gasteiger partial charge in [-0.05, 0) is 18.4 Å². The van der Waals surface area contributed by atoms with Crippen molar-refractivity contribution in [2.75, 3.05) is 6.26 Å². The fourth-order valence-corrected chi connectivity index (χ4v) is 3.22. The van der Waals surface area contributed by atoms with Gasteiger partial charge >= 0.3 is 0 Å². The fraction of sp³-hybridized carbons (Fsp3) is 0.100. The Morgan fingerprint density at radius 2 is 2.00 bits per heavy atom. The molecule has 0 bridgehead atoms. The third-order valence-corrected chi connectivity index (χ3v) is 4.58. The molecule has 0 fully saturated rings. The number of benzene rings is 1. The number of fused-ring (bicyclic) bond motifs is 1. The van der Waals surface area contributed by atoms with Gasteiger partial charge in [0.1, 0.15) is 5.04 Å². The van der Waals surface area contributed by atoms with E-state index in [-0.39, 0.29) is 0 Å². The molecule has 1 nitrogen and oxygen atoms in total. The van der Waals surface area contributed by atoms with Crippen LogP contribution in [0.1, 0.15) is 0 Å². The Balaban J connectivity index is 2.57. The summed E-state index contributed by atoms with van der Waals surface area (Å²) in [7, 11) is 0. The Hall–Kier alpha value is -0.0900. The summed E-state index contributed by atoms with van der Waals surface area (Å²) in [6.45, 7) is 0. The average Bonchev–Trinajstić information content (AvgIpc) is 2.37. The number of para-hydroxylation sites is 1. The zero-order chi connectivity index (χ0) is 10.8. The van der Waals surface area contributed by atoms with E-state index in [4.69, 9.17) is 23.2 Å². The molecule has 15 heavy (non-hydrogen) atoms. The van der Waals surface area contributed by atoms with E-state index in [1.807, 2.05) is 30.5 Å². The largest absolute Gasteiger partial charge is 0.239 e. The molecule has 2 rings (SSSR count). The summed E-state index contributed by atoms with van der Waals surface area (Å²) in [5.41, 5.74) is 0.917. The molecule has 1 aliphatic rings. The highest BCUT2D eigenvalue weighted by molar-refractivity contribution is 8.14. The monoisotopic (exact) mass is 275 g/mol. The van der Waals surface area contributed by atoms with Crippen LogP contribution >= 0.6 is 46.7 Å². The highest BCUT2D eigenvalue weighted by atomic mass is 35.5. The Bertz CT molecular complexity index is 454. The highest BCUT2D eigenvalue weighted by Gasteiger charge is 2.16. The summed E-state index contributed by atoms with van der Waals surface area (Å²) >= 11 is 15.1. The molecule has 5 heteroatoms. The molecule has 0 unspecified atom stereocenters. The van der Waals surface area contributed by atoms with E-state index in [1.54, 1.807) is 0 Å². The van der Waals surface area contributed by atoms with Gasteiger partial charge in [-0.1, -0.05) is 47.1 Å². The first-order valence-electron chi connectivity index (χ1n) is 4.17. The molecule has 0 saturated carbocycles. The SMILES string of the molecule is CSC1=Nc2ccccc2SC(Cl)=C1Cl. The molecule has 0 atom stereocenters. The van der Waals surface area contributed by atoms with Crippen molar-refractivity contribution in [3.63, 3.8) is 0 Å². The summed E-state index contributed by atoms with van der Waals surface area (Å²) in [5.74, 6) is 0. The molecule has 0 aromatic heterocycles. The maximum atomic E-state index is 6.10. The van der Waals surface area contributed by atoms with Gasteiger partial charge in [0.15, 0.2) is 0 Å². The van der Waals surface area contributed by atoms with Gasteiger partial charge in [-0.15, -0.1) is 11.8 Å². The van der Waals surface area contributed by atoms with Crippen molar-refractivity contribution in [3.8, 4) is 0 Å². The lowest BCUT2D eigenvalue weighted by atomic mass is 10.3. The molecule has 1 aromatic carbocycles. The minimum atomic E-state index is 0.533. The maximum absolute atomic E-state index is 6.10. The Morgan fingerprint density at radius 1 is 1.27 bits per heavy atom. The van der Waals surface area contributed by atoms with Crippen molar-refractivity contribution < 1.29 is 0 Å². The minimum Gasteiger partial charge on any atom is -0.239 e. The molecule has 0 radical (unpaired) electrons. The summed E-state index contributed by atoms with van der Waals surface area (Å²) < 4.78 is 0.578. The third kappa shape index (κ3) is 2.36. The van der Waals surface area contributed by atoms with Gasteiger partial charge in [-0.2, -0.15) is 0 Å². The van der Waals surface area contributed by atoms with Gasteiger partial charge in [0.2, 0.25) is 0 Å². The van der Waals surface area contributed by atoms with E-state index in [0.717, 1.165) is 15.6 Å². The van der Waals surface area contributed by atoms with E-state index < -0.39 is 0 Å². The molecule has 0 saturated heterocycles. The first kappa shape index (κ1) is 11.4. The van der Waals surface area contributed by atoms with E-state index in [1.165, 1.54) is 23.5 Å². The number of thioether (sulfide) groups is 2. The summed E-state index contributed by atoms with van der Waals surface area (Å²) in [5, 5.41) is 1.30. The molecule has 1 aromatic rings. The number of rotatable bonds is 0. The lowest BCUT2D eigenvalue weighted by molar-refractivity contribution is 1.39. The van der Waals surface area contributed by atoms with Crippen molar-refractivity contribution >= 4 is 57.5 Å². The van der Waals surface area contributed by atoms with Crippen LogP contribution in [-0.4, -0.2) is 11.3 Å². The zero-order valence-corrected chi connectivity index (χ0v) is 11.0. The van der Waals surface area contributed by atoms with Crippen LogP contribution in [-0.2, 0) is 0 Å². The first-order chi connectivity index (χ1) is 7.22. The number of aliphatic imine (C=N–C) groups is 1. The lowest BCUT2D eigenvalue weighted by Gasteiger charge is -1.99. The van der Waals surface area contributed by atoms with Gasteiger partial charge in [-0.3, -0.25) is 0 Å². The second-order valence-electron chi connectivity index (χ2n) is 2.78. The molecule has 0 amide bonds. The molecule has 0 aliphatic carbocycles. The molecule has 0 N–H and O–H groups in total. The van der Waals surface area contributed by atoms with Gasteiger partial charge in [0.25, 0.3) is 0 Å². The lowest BCUT2D eigenvalue weighted by Crippen LogP contribution is -1.90. The summed E-state index contributed by atoms with van der Waals surface area (Å²) in [6, 6.07) is 7.86. The minimum absolute atomic E-state index is 0.533. The van der Waals surface area contributed by atoms with E-state index in [0.29, 0.717) is 9.40 Å². The Morgan fingerprint density at radius 3 is 2.73 bits per heavy atom. The van der Waals surface area contributed by atoms with Crippen molar-refractivity contribution in [1.82, 2.24) is 0 Å². The van der Waals surface area contributed by atoms with Crippen LogP contribution in [0.3, 0.4) is 0 Å². The smallest absolute Gasteiger partial charge is 0.117 e. The van der Waals surface area contributed by atoms with Gasteiger partial charge < -0.3 is 0 Å². The number of hydrogen-bond acceptors (Lipinski definition) is 3. The zero-order valence-electron chi connectivity index (χ0n) is 7.83. The average molecular weight is 276 g/mol. The number of halogens is 2. The fourth-order valence-electron chi connectivity index (χ4n) is 1.15. The molecule has 1 heterocycles. The molecule has 0 spiro atoms. The van der Waals surface area contributed by atoms with E-state index in [2.05, 4.69) is 4.99 Å². The van der Waals surface area contributed by atoms with Crippen LogP contribution < -0.4 is 0 Å². The number of nitrogens with zero attached hydrogens (tertiary/aromatic N) is 1. The predicted molar refractivity (Wildman–Crippen MR) is 71.6 cm³/mol. The molecular weight excluding hydrogens is 269 g/mol.